The first kappa shape index (κ1) is 16.1. The van der Waals surface area contributed by atoms with Crippen LogP contribution >= 0.6 is 0 Å². The van der Waals surface area contributed by atoms with Gasteiger partial charge in [0.25, 0.3) is 0 Å². The van der Waals surface area contributed by atoms with Crippen molar-refractivity contribution < 1.29 is 9.53 Å². The molecule has 1 amide bonds. The highest BCUT2D eigenvalue weighted by molar-refractivity contribution is 5.81. The molecule has 0 radical (unpaired) electrons. The monoisotopic (exact) mass is 332 g/mol. The summed E-state index contributed by atoms with van der Waals surface area (Å²) < 4.78 is 7.70. The molecule has 4 atom stereocenters. The van der Waals surface area contributed by atoms with Crippen LogP contribution in [0, 0.1) is 11.3 Å². The van der Waals surface area contributed by atoms with E-state index in [1.807, 2.05) is 24.1 Å². The molecule has 4 rings (SSSR count). The smallest absolute Gasteiger partial charge is 0.225 e. The number of carbonyl (C=O) groups is 1. The molecule has 0 bridgehead atoms. The molecule has 1 aliphatic heterocycles. The lowest BCUT2D eigenvalue weighted by Crippen LogP contribution is -2.68. The topological polar surface area (TPSA) is 68.2 Å². The molecular weight excluding hydrogens is 304 g/mol. The number of amides is 1. The van der Waals surface area contributed by atoms with E-state index in [0.717, 1.165) is 31.7 Å². The first-order chi connectivity index (χ1) is 11.6. The highest BCUT2D eigenvalue weighted by Crippen LogP contribution is 2.57. The molecule has 2 aliphatic carbocycles. The Morgan fingerprint density at radius 1 is 1.50 bits per heavy atom. The summed E-state index contributed by atoms with van der Waals surface area (Å²) in [4.78, 5) is 12.9. The van der Waals surface area contributed by atoms with Gasteiger partial charge in [-0.05, 0) is 31.7 Å². The lowest BCUT2D eigenvalue weighted by Gasteiger charge is -2.61. The summed E-state index contributed by atoms with van der Waals surface area (Å²) in [5.41, 5.74) is 1.38. The van der Waals surface area contributed by atoms with Crippen LogP contribution in [0.15, 0.2) is 12.4 Å². The minimum absolute atomic E-state index is 0.00234. The van der Waals surface area contributed by atoms with Gasteiger partial charge in [-0.2, -0.15) is 5.10 Å². The predicted molar refractivity (Wildman–Crippen MR) is 90.6 cm³/mol. The number of carbonyl (C=O) groups excluding carboxylic acids is 1. The lowest BCUT2D eigenvalue weighted by atomic mass is 9.51. The average molecular weight is 332 g/mol. The molecule has 1 aromatic rings. The van der Waals surface area contributed by atoms with Gasteiger partial charge in [-0.1, -0.05) is 6.42 Å². The number of rotatable bonds is 5. The molecule has 3 fully saturated rings. The summed E-state index contributed by atoms with van der Waals surface area (Å²) in [7, 11) is 1.92. The molecule has 1 aromatic heterocycles. The van der Waals surface area contributed by atoms with Crippen molar-refractivity contribution in [3.05, 3.63) is 18.0 Å². The van der Waals surface area contributed by atoms with E-state index in [4.69, 9.17) is 4.74 Å². The zero-order valence-electron chi connectivity index (χ0n) is 14.6. The summed E-state index contributed by atoms with van der Waals surface area (Å²) in [5.74, 6) is 0.413. The summed E-state index contributed by atoms with van der Waals surface area (Å²) in [5, 5.41) is 11.0. The van der Waals surface area contributed by atoms with Crippen LogP contribution in [-0.4, -0.2) is 47.5 Å². The van der Waals surface area contributed by atoms with Gasteiger partial charge in [0, 0.05) is 50.3 Å². The standard InChI is InChI=1S/C18H28N4O2/c1-3-24-16-7-15(18(16)5-4-6-18)21-17(23)14-10-19-9-13(14)12-8-20-22(2)11-12/h8,11,13-16,19H,3-7,9-10H2,1-2H3,(H,21,23)/t13-,14+,15?,16?/m1/s1. The lowest BCUT2D eigenvalue weighted by molar-refractivity contribution is -0.176. The highest BCUT2D eigenvalue weighted by Gasteiger charge is 2.59. The highest BCUT2D eigenvalue weighted by atomic mass is 16.5. The number of nitrogens with one attached hydrogen (secondary N) is 2. The zero-order valence-corrected chi connectivity index (χ0v) is 14.6. The van der Waals surface area contributed by atoms with Crippen molar-refractivity contribution in [2.24, 2.45) is 18.4 Å². The number of hydrogen-bond donors (Lipinski definition) is 2. The minimum Gasteiger partial charge on any atom is -0.378 e. The van der Waals surface area contributed by atoms with Crippen LogP contribution in [0.2, 0.25) is 0 Å². The molecule has 132 valence electrons. The van der Waals surface area contributed by atoms with Gasteiger partial charge in [-0.15, -0.1) is 0 Å². The first-order valence-electron chi connectivity index (χ1n) is 9.25. The van der Waals surface area contributed by atoms with E-state index in [9.17, 15) is 4.79 Å². The molecule has 1 spiro atoms. The fraction of sp³-hybridized carbons (Fsp3) is 0.778. The average Bonchev–Trinajstić information content (AvgIpc) is 3.12. The van der Waals surface area contributed by atoms with E-state index in [1.165, 1.54) is 19.3 Å². The SMILES string of the molecule is CCOC1CC(NC(=O)[C@H]2CNC[C@@H]2c2cnn(C)c2)C12CCC2. The number of ether oxygens (including phenoxy) is 1. The Bertz CT molecular complexity index is 610. The van der Waals surface area contributed by atoms with Crippen molar-refractivity contribution in [2.75, 3.05) is 19.7 Å². The van der Waals surface area contributed by atoms with Gasteiger partial charge in [0.2, 0.25) is 5.91 Å². The summed E-state index contributed by atoms with van der Waals surface area (Å²) >= 11 is 0. The second-order valence-electron chi connectivity index (χ2n) is 7.65. The Balaban J connectivity index is 1.41. The number of nitrogens with zero attached hydrogens (tertiary/aromatic N) is 2. The van der Waals surface area contributed by atoms with Crippen molar-refractivity contribution in [1.29, 1.82) is 0 Å². The molecule has 0 aromatic carbocycles. The molecule has 1 saturated heterocycles. The van der Waals surface area contributed by atoms with Crippen LogP contribution in [0.4, 0.5) is 0 Å². The van der Waals surface area contributed by atoms with E-state index in [-0.39, 0.29) is 23.2 Å². The van der Waals surface area contributed by atoms with Gasteiger partial charge in [0.1, 0.15) is 0 Å². The molecule has 2 saturated carbocycles. The van der Waals surface area contributed by atoms with Gasteiger partial charge < -0.3 is 15.4 Å². The maximum atomic E-state index is 12.9. The normalized spacial score (nSPS) is 33.9. The van der Waals surface area contributed by atoms with E-state index >= 15 is 0 Å². The van der Waals surface area contributed by atoms with Gasteiger partial charge in [-0.3, -0.25) is 9.48 Å². The zero-order chi connectivity index (χ0) is 16.7. The molecule has 2 heterocycles. The second kappa shape index (κ2) is 6.15. The molecule has 2 unspecified atom stereocenters. The van der Waals surface area contributed by atoms with Crippen molar-refractivity contribution in [1.82, 2.24) is 20.4 Å². The molecule has 3 aliphatic rings. The quantitative estimate of drug-likeness (QED) is 0.850. The van der Waals surface area contributed by atoms with Gasteiger partial charge in [0.15, 0.2) is 0 Å². The Kier molecular flexibility index (Phi) is 4.12. The van der Waals surface area contributed by atoms with E-state index < -0.39 is 0 Å². The van der Waals surface area contributed by atoms with Crippen molar-refractivity contribution >= 4 is 5.91 Å². The van der Waals surface area contributed by atoms with Crippen LogP contribution in [0.5, 0.6) is 0 Å². The Hall–Kier alpha value is -1.40. The third-order valence-electron chi connectivity index (χ3n) is 6.46. The third kappa shape index (κ3) is 2.47. The van der Waals surface area contributed by atoms with Crippen LogP contribution in [-0.2, 0) is 16.6 Å². The van der Waals surface area contributed by atoms with E-state index in [1.54, 1.807) is 0 Å². The number of aryl methyl sites for hydroxylation is 1. The Labute approximate surface area is 143 Å². The largest absolute Gasteiger partial charge is 0.378 e. The summed E-state index contributed by atoms with van der Waals surface area (Å²) in [6.07, 6.45) is 8.88. The molecular formula is C18H28N4O2. The molecule has 24 heavy (non-hydrogen) atoms. The van der Waals surface area contributed by atoms with Crippen molar-refractivity contribution in [3.63, 3.8) is 0 Å². The molecule has 6 heteroatoms. The van der Waals surface area contributed by atoms with Gasteiger partial charge in [0.05, 0.1) is 18.2 Å². The van der Waals surface area contributed by atoms with Crippen molar-refractivity contribution in [3.8, 4) is 0 Å². The van der Waals surface area contributed by atoms with Crippen LogP contribution in [0.25, 0.3) is 0 Å². The van der Waals surface area contributed by atoms with Gasteiger partial charge in [-0.25, -0.2) is 0 Å². The van der Waals surface area contributed by atoms with E-state index in [2.05, 4.69) is 22.7 Å². The molecule has 2 N–H and O–H groups in total. The second-order valence-corrected chi connectivity index (χ2v) is 7.65. The number of aromatic nitrogens is 2. The minimum atomic E-state index is -0.00234. The fourth-order valence-electron chi connectivity index (χ4n) is 4.86. The Morgan fingerprint density at radius 2 is 2.33 bits per heavy atom. The van der Waals surface area contributed by atoms with Crippen LogP contribution in [0.1, 0.15) is 44.1 Å². The summed E-state index contributed by atoms with van der Waals surface area (Å²) in [6.45, 7) is 4.42. The first-order valence-corrected chi connectivity index (χ1v) is 9.25. The maximum Gasteiger partial charge on any atom is 0.225 e. The fourth-order valence-corrected chi connectivity index (χ4v) is 4.86. The van der Waals surface area contributed by atoms with Crippen LogP contribution < -0.4 is 10.6 Å². The van der Waals surface area contributed by atoms with Gasteiger partial charge >= 0.3 is 0 Å². The summed E-state index contributed by atoms with van der Waals surface area (Å²) in [6, 6.07) is 0.297. The van der Waals surface area contributed by atoms with E-state index in [0.29, 0.717) is 12.1 Å². The van der Waals surface area contributed by atoms with Crippen molar-refractivity contribution in [2.45, 2.75) is 50.7 Å². The predicted octanol–water partition coefficient (Wildman–Crippen LogP) is 1.19. The number of hydrogen-bond acceptors (Lipinski definition) is 4. The Morgan fingerprint density at radius 3 is 2.96 bits per heavy atom. The third-order valence-corrected chi connectivity index (χ3v) is 6.46. The maximum absolute atomic E-state index is 12.9. The van der Waals surface area contributed by atoms with Crippen LogP contribution in [0.3, 0.4) is 0 Å². The molecule has 6 nitrogen and oxygen atoms in total.